The highest BCUT2D eigenvalue weighted by Crippen LogP contribution is 2.32. The molecule has 0 bridgehead atoms. The first-order valence-corrected chi connectivity index (χ1v) is 23.2. The lowest BCUT2D eigenvalue weighted by molar-refractivity contribution is -0.192. The number of rotatable bonds is 8. The zero-order chi connectivity index (χ0) is 46.8. The van der Waals surface area contributed by atoms with E-state index < -0.39 is 31.8 Å². The van der Waals surface area contributed by atoms with Crippen molar-refractivity contribution in [3.63, 3.8) is 0 Å². The van der Waals surface area contributed by atoms with Crippen LogP contribution in [0.3, 0.4) is 0 Å². The van der Waals surface area contributed by atoms with E-state index in [4.69, 9.17) is 19.4 Å². The molecule has 2 saturated heterocycles. The van der Waals surface area contributed by atoms with Crippen molar-refractivity contribution in [2.24, 2.45) is 0 Å². The molecular formula is C40H45F3N10O9S2. The predicted octanol–water partition coefficient (Wildman–Crippen LogP) is 5.59. The Morgan fingerprint density at radius 1 is 0.703 bits per heavy atom. The molecule has 0 unspecified atom stereocenters. The van der Waals surface area contributed by atoms with Gasteiger partial charge in [0.1, 0.15) is 34.9 Å². The van der Waals surface area contributed by atoms with Crippen molar-refractivity contribution in [3.8, 4) is 23.3 Å². The third-order valence-corrected chi connectivity index (χ3v) is 12.1. The number of carboxylic acid groups (broad SMARTS) is 1. The van der Waals surface area contributed by atoms with Gasteiger partial charge in [0.15, 0.2) is 31.0 Å². The second-order valence-electron chi connectivity index (χ2n) is 14.2. The van der Waals surface area contributed by atoms with Crippen molar-refractivity contribution in [2.75, 3.05) is 38.7 Å². The minimum absolute atomic E-state index is 0.0914. The van der Waals surface area contributed by atoms with Gasteiger partial charge in [-0.05, 0) is 87.3 Å². The standard InChI is InChI=1S/C19H21N5O4S.C17H19N5O3S.C2HF3O2.C2H4/c1-13(25)23-9-7-14(8-10-23)24-18-17(11-22-24)19(21-12-20-18)28-15-3-5-16(6-4-15)29(2,26)27;1-26(23,24)14-4-2-13(3-5-14)25-17-15-10-21-22(16(15)19-11-20-17)12-6-8-18-9-7-12;3-2(4,5)1(6)7;1-2/h3-6,11-12,14H,7-10H2,1-2H3;2-5,10-12,18H,6-9H2,1H3;(H,6,7);1-2H2. The number of hydrogen-bond acceptors (Lipinski definition) is 15. The van der Waals surface area contributed by atoms with Gasteiger partial charge in [-0.1, -0.05) is 0 Å². The number of carbonyl (C=O) groups is 2. The van der Waals surface area contributed by atoms with Crippen molar-refractivity contribution in [1.29, 1.82) is 0 Å². The number of fused-ring (bicyclic) bond motifs is 2. The van der Waals surface area contributed by atoms with Crippen LogP contribution in [-0.4, -0.2) is 123 Å². The number of aliphatic carboxylic acids is 1. The Morgan fingerprint density at radius 3 is 1.42 bits per heavy atom. The molecule has 0 aliphatic carbocycles. The van der Waals surface area contributed by atoms with E-state index in [-0.39, 0.29) is 21.7 Å². The summed E-state index contributed by atoms with van der Waals surface area (Å²) in [5, 5.41) is 20.9. The number of ether oxygens (including phenoxy) is 2. The van der Waals surface area contributed by atoms with E-state index in [1.165, 1.54) is 43.2 Å². The van der Waals surface area contributed by atoms with Crippen LogP contribution >= 0.6 is 0 Å². The first kappa shape index (κ1) is 48.5. The quantitative estimate of drug-likeness (QED) is 0.177. The second kappa shape index (κ2) is 20.8. The Bertz CT molecular complexity index is 2770. The number of sulfone groups is 2. The molecule has 8 rings (SSSR count). The van der Waals surface area contributed by atoms with Gasteiger partial charge in [0.05, 0.1) is 34.3 Å². The van der Waals surface area contributed by atoms with E-state index in [0.29, 0.717) is 53.4 Å². The summed E-state index contributed by atoms with van der Waals surface area (Å²) in [7, 11) is -6.50. The lowest BCUT2D eigenvalue weighted by Gasteiger charge is -2.31. The van der Waals surface area contributed by atoms with E-state index in [2.05, 4.69) is 48.6 Å². The van der Waals surface area contributed by atoms with Crippen molar-refractivity contribution in [1.82, 2.24) is 49.7 Å². The van der Waals surface area contributed by atoms with Crippen LogP contribution in [0.25, 0.3) is 22.1 Å². The molecule has 2 aliphatic rings. The van der Waals surface area contributed by atoms with Gasteiger partial charge in [0.2, 0.25) is 17.7 Å². The number of benzene rings is 2. The third kappa shape index (κ3) is 12.3. The smallest absolute Gasteiger partial charge is 0.475 e. The molecule has 2 aromatic carbocycles. The number of halogens is 3. The molecule has 4 aromatic heterocycles. The molecule has 2 aliphatic heterocycles. The molecule has 64 heavy (non-hydrogen) atoms. The third-order valence-electron chi connectivity index (χ3n) is 9.79. The van der Waals surface area contributed by atoms with Crippen LogP contribution in [0, 0.1) is 0 Å². The molecule has 0 radical (unpaired) electrons. The summed E-state index contributed by atoms with van der Waals surface area (Å²) in [4.78, 5) is 39.9. The average Bonchev–Trinajstić information content (AvgIpc) is 3.91. The predicted molar refractivity (Wildman–Crippen MR) is 227 cm³/mol. The van der Waals surface area contributed by atoms with E-state index >= 15 is 0 Å². The van der Waals surface area contributed by atoms with Gasteiger partial charge in [-0.3, -0.25) is 4.79 Å². The second-order valence-corrected chi connectivity index (χ2v) is 18.3. The molecule has 2 fully saturated rings. The molecule has 0 saturated carbocycles. The summed E-state index contributed by atoms with van der Waals surface area (Å²) in [5.41, 5.74) is 1.42. The maximum atomic E-state index is 11.6. The fourth-order valence-corrected chi connectivity index (χ4v) is 7.85. The summed E-state index contributed by atoms with van der Waals surface area (Å²) in [5.74, 6) is -0.926. The van der Waals surface area contributed by atoms with Crippen LogP contribution in [0.2, 0.25) is 0 Å². The zero-order valence-corrected chi connectivity index (χ0v) is 36.5. The summed E-state index contributed by atoms with van der Waals surface area (Å²) in [6, 6.07) is 12.9. The molecule has 24 heteroatoms. The number of piperidine rings is 2. The fraction of sp³-hybridized carbons (Fsp3) is 0.350. The average molecular weight is 931 g/mol. The fourth-order valence-electron chi connectivity index (χ4n) is 6.59. The van der Waals surface area contributed by atoms with Crippen molar-refractivity contribution < 1.29 is 54.2 Å². The Kier molecular flexibility index (Phi) is 15.7. The SMILES string of the molecule is C=C.CC(=O)N1CCC(n2ncc3c(Oc4ccc(S(C)(=O)=O)cc4)ncnc32)CC1.CS(=O)(=O)c1ccc(Oc2ncnc3c2cnn3C2CCNCC2)cc1.O=C(O)C(F)(F)F. The summed E-state index contributed by atoms with van der Waals surface area (Å²) in [6.45, 7) is 10.9. The number of carboxylic acids is 1. The van der Waals surface area contributed by atoms with Crippen molar-refractivity contribution >= 4 is 53.6 Å². The van der Waals surface area contributed by atoms with Crippen molar-refractivity contribution in [2.45, 2.75) is 60.7 Å². The van der Waals surface area contributed by atoms with E-state index in [0.717, 1.165) is 56.1 Å². The topological polar surface area (TPSA) is 244 Å². The molecule has 0 atom stereocenters. The first-order chi connectivity index (χ1) is 30.3. The zero-order valence-electron chi connectivity index (χ0n) is 34.8. The molecule has 1 amide bonds. The van der Waals surface area contributed by atoms with E-state index in [9.17, 15) is 34.8 Å². The molecule has 6 aromatic rings. The number of aromatic nitrogens is 8. The highest BCUT2D eigenvalue weighted by Gasteiger charge is 2.38. The number of carbonyl (C=O) groups excluding carboxylic acids is 1. The summed E-state index contributed by atoms with van der Waals surface area (Å²) < 4.78 is 93.5. The van der Waals surface area contributed by atoms with Crippen molar-refractivity contribution in [3.05, 3.63) is 86.7 Å². The number of hydrogen-bond donors (Lipinski definition) is 2. The molecular weight excluding hydrogens is 886 g/mol. The maximum Gasteiger partial charge on any atom is 0.490 e. The first-order valence-electron chi connectivity index (χ1n) is 19.4. The summed E-state index contributed by atoms with van der Waals surface area (Å²) >= 11 is 0. The monoisotopic (exact) mass is 930 g/mol. The highest BCUT2D eigenvalue weighted by molar-refractivity contribution is 7.91. The number of likely N-dealkylation sites (tertiary alicyclic amines) is 1. The van der Waals surface area contributed by atoms with Gasteiger partial charge in [-0.25, -0.2) is 50.9 Å². The van der Waals surface area contributed by atoms with Gasteiger partial charge < -0.3 is 24.8 Å². The van der Waals surface area contributed by atoms with Gasteiger partial charge in [-0.2, -0.15) is 23.4 Å². The maximum absolute atomic E-state index is 11.6. The number of alkyl halides is 3. The minimum atomic E-state index is -5.08. The normalized spacial score (nSPS) is 14.9. The molecule has 2 N–H and O–H groups in total. The Hall–Kier alpha value is -6.53. The van der Waals surface area contributed by atoms with Gasteiger partial charge in [-0.15, -0.1) is 13.2 Å². The summed E-state index contributed by atoms with van der Waals surface area (Å²) in [6.07, 6.45) is 7.15. The molecule has 6 heterocycles. The lowest BCUT2D eigenvalue weighted by atomic mass is 10.1. The number of amides is 1. The van der Waals surface area contributed by atoms with E-state index in [1.54, 1.807) is 43.6 Å². The minimum Gasteiger partial charge on any atom is -0.475 e. The van der Waals surface area contributed by atoms with Crippen LogP contribution < -0.4 is 14.8 Å². The molecule has 19 nitrogen and oxygen atoms in total. The van der Waals surface area contributed by atoms with Crippen LogP contribution in [0.15, 0.2) is 96.5 Å². The van der Waals surface area contributed by atoms with Crippen LogP contribution in [0.4, 0.5) is 13.2 Å². The Labute approximate surface area is 365 Å². The molecule has 342 valence electrons. The van der Waals surface area contributed by atoms with Gasteiger partial charge in [0.25, 0.3) is 0 Å². The highest BCUT2D eigenvalue weighted by atomic mass is 32.2. The molecule has 0 spiro atoms. The van der Waals surface area contributed by atoms with Crippen LogP contribution in [0.1, 0.15) is 44.7 Å². The van der Waals surface area contributed by atoms with Gasteiger partial charge >= 0.3 is 12.1 Å². The van der Waals surface area contributed by atoms with Crippen LogP contribution in [-0.2, 0) is 29.3 Å². The largest absolute Gasteiger partial charge is 0.490 e. The Balaban J connectivity index is 0.000000204. The number of nitrogens with one attached hydrogen (secondary N) is 1. The van der Waals surface area contributed by atoms with E-state index in [1.807, 2.05) is 14.3 Å². The number of nitrogens with zero attached hydrogens (tertiary/aromatic N) is 9. The lowest BCUT2D eigenvalue weighted by Crippen LogP contribution is -2.37. The Morgan fingerprint density at radius 2 is 1.08 bits per heavy atom. The van der Waals surface area contributed by atoms with Gasteiger partial charge in [0, 0.05) is 32.5 Å². The van der Waals surface area contributed by atoms with Crippen LogP contribution in [0.5, 0.6) is 23.3 Å².